The first-order valence-corrected chi connectivity index (χ1v) is 13.7. The van der Waals surface area contributed by atoms with E-state index in [0.29, 0.717) is 12.8 Å². The van der Waals surface area contributed by atoms with Crippen molar-refractivity contribution in [3.05, 3.63) is 108 Å². The van der Waals surface area contributed by atoms with Crippen LogP contribution in [0.25, 0.3) is 0 Å². The molecule has 214 valence electrons. The fourth-order valence-electron chi connectivity index (χ4n) is 4.37. The normalized spacial score (nSPS) is 12.8. The van der Waals surface area contributed by atoms with Crippen molar-refractivity contribution in [2.75, 3.05) is 14.2 Å². The number of carbonyl (C=O) groups excluding carboxylic acids is 3. The maximum atomic E-state index is 12.4. The Morgan fingerprint density at radius 3 is 1.55 bits per heavy atom. The molecule has 0 saturated carbocycles. The second-order valence-corrected chi connectivity index (χ2v) is 9.77. The highest BCUT2D eigenvalue weighted by atomic mass is 16.5. The Morgan fingerprint density at radius 2 is 1.12 bits per heavy atom. The molecule has 0 N–H and O–H groups in total. The number of hydrogen-bond acceptors (Lipinski definition) is 6. The summed E-state index contributed by atoms with van der Waals surface area (Å²) in [6.07, 6.45) is 3.25. The summed E-state index contributed by atoms with van der Waals surface area (Å²) in [5.74, 6) is -1.48. The number of methoxy groups -OCH3 is 2. The average molecular weight is 547 g/mol. The maximum Gasteiger partial charge on any atom is 0.319 e. The molecule has 6 nitrogen and oxygen atoms in total. The number of benzene rings is 3. The van der Waals surface area contributed by atoms with Crippen LogP contribution in [0.15, 0.2) is 91.0 Å². The van der Waals surface area contributed by atoms with E-state index in [4.69, 9.17) is 14.2 Å². The third-order valence-corrected chi connectivity index (χ3v) is 6.60. The van der Waals surface area contributed by atoms with Gasteiger partial charge in [-0.05, 0) is 56.2 Å². The lowest BCUT2D eigenvalue weighted by atomic mass is 9.93. The predicted octanol–water partition coefficient (Wildman–Crippen LogP) is 6.20. The predicted molar refractivity (Wildman–Crippen MR) is 157 cm³/mol. The molecular weight excluding hydrogens is 504 g/mol. The molecule has 3 rings (SSSR count). The molecule has 0 fully saturated rings. The summed E-state index contributed by atoms with van der Waals surface area (Å²) in [4.78, 5) is 35.4. The van der Waals surface area contributed by atoms with Gasteiger partial charge in [-0.1, -0.05) is 91.0 Å². The lowest BCUT2D eigenvalue weighted by molar-refractivity contribution is -0.158. The summed E-state index contributed by atoms with van der Waals surface area (Å²) in [7, 11) is 3.19. The molecule has 0 saturated heterocycles. The zero-order valence-electron chi connectivity index (χ0n) is 24.1. The van der Waals surface area contributed by atoms with Gasteiger partial charge in [-0.3, -0.25) is 14.4 Å². The van der Waals surface area contributed by atoms with Crippen LogP contribution in [0.3, 0.4) is 0 Å². The van der Waals surface area contributed by atoms with Gasteiger partial charge in [0.1, 0.15) is 24.1 Å². The molecule has 0 aliphatic heterocycles. The number of hydrogen-bond donors (Lipinski definition) is 0. The van der Waals surface area contributed by atoms with Crippen molar-refractivity contribution in [1.82, 2.24) is 0 Å². The minimum absolute atomic E-state index is 0.0581. The van der Waals surface area contributed by atoms with E-state index < -0.39 is 18.0 Å². The molecule has 3 unspecified atom stereocenters. The van der Waals surface area contributed by atoms with E-state index in [-0.39, 0.29) is 24.3 Å². The van der Waals surface area contributed by atoms with Gasteiger partial charge in [0.25, 0.3) is 0 Å². The van der Waals surface area contributed by atoms with E-state index in [1.54, 1.807) is 14.0 Å². The molecule has 40 heavy (non-hydrogen) atoms. The van der Waals surface area contributed by atoms with E-state index >= 15 is 0 Å². The van der Waals surface area contributed by atoms with Crippen molar-refractivity contribution >= 4 is 17.5 Å². The maximum absolute atomic E-state index is 12.4. The zero-order valence-corrected chi connectivity index (χ0v) is 24.1. The second kappa shape index (κ2) is 18.6. The molecule has 0 spiro atoms. The monoisotopic (exact) mass is 546 g/mol. The fraction of sp³-hybridized carbons (Fsp3) is 0.382. The molecule has 0 heterocycles. The van der Waals surface area contributed by atoms with Crippen molar-refractivity contribution in [3.8, 4) is 0 Å². The SMILES string of the molecule is COC(CCc1ccccc1)C(C(C)=O)C(=O)OCc1ccccc1.COC(CCc1ccccc1)CC(C)=O. The van der Waals surface area contributed by atoms with E-state index in [1.165, 1.54) is 19.6 Å². The third kappa shape index (κ3) is 12.5. The lowest BCUT2D eigenvalue weighted by Gasteiger charge is -2.22. The Balaban J connectivity index is 0.000000319. The summed E-state index contributed by atoms with van der Waals surface area (Å²) in [6, 6.07) is 29.6. The highest BCUT2D eigenvalue weighted by molar-refractivity contribution is 5.98. The van der Waals surface area contributed by atoms with Gasteiger partial charge in [-0.25, -0.2) is 0 Å². The molecule has 0 amide bonds. The van der Waals surface area contributed by atoms with Crippen molar-refractivity contribution in [2.45, 2.75) is 64.8 Å². The number of ether oxygens (including phenoxy) is 3. The van der Waals surface area contributed by atoms with Crippen LogP contribution in [0.5, 0.6) is 0 Å². The molecule has 0 radical (unpaired) electrons. The molecule has 3 aromatic rings. The Hall–Kier alpha value is -3.61. The molecule has 3 atom stereocenters. The Bertz CT molecular complexity index is 1130. The third-order valence-electron chi connectivity index (χ3n) is 6.60. The Kier molecular flexibility index (Phi) is 15.2. The van der Waals surface area contributed by atoms with Gasteiger partial charge in [-0.2, -0.15) is 0 Å². The first kappa shape index (κ1) is 32.6. The molecule has 6 heteroatoms. The summed E-state index contributed by atoms with van der Waals surface area (Å²) < 4.78 is 16.1. The van der Waals surface area contributed by atoms with Crippen molar-refractivity contribution in [1.29, 1.82) is 0 Å². The quantitative estimate of drug-likeness (QED) is 0.167. The van der Waals surface area contributed by atoms with E-state index in [1.807, 2.05) is 78.9 Å². The van der Waals surface area contributed by atoms with Crippen LogP contribution in [0.1, 0.15) is 49.8 Å². The van der Waals surface area contributed by atoms with Crippen LogP contribution in [-0.2, 0) is 48.0 Å². The molecular formula is C34H42O6. The van der Waals surface area contributed by atoms with Crippen LogP contribution in [0, 0.1) is 5.92 Å². The number of ketones is 2. The number of Topliss-reactive ketones (excluding diaryl/α,β-unsaturated/α-hetero) is 2. The number of esters is 1. The smallest absolute Gasteiger partial charge is 0.319 e. The van der Waals surface area contributed by atoms with Gasteiger partial charge in [0, 0.05) is 20.6 Å². The summed E-state index contributed by atoms with van der Waals surface area (Å²) in [5.41, 5.74) is 3.32. The fourth-order valence-corrected chi connectivity index (χ4v) is 4.37. The first-order valence-electron chi connectivity index (χ1n) is 13.7. The van der Waals surface area contributed by atoms with Gasteiger partial charge in [0.2, 0.25) is 0 Å². The van der Waals surface area contributed by atoms with Gasteiger partial charge >= 0.3 is 5.97 Å². The number of aryl methyl sites for hydroxylation is 2. The molecule has 3 aromatic carbocycles. The molecule has 0 aromatic heterocycles. The average Bonchev–Trinajstić information content (AvgIpc) is 2.97. The minimum atomic E-state index is -0.905. The Labute approximate surface area is 238 Å². The molecule has 0 aliphatic rings. The van der Waals surface area contributed by atoms with Crippen molar-refractivity contribution in [3.63, 3.8) is 0 Å². The molecule has 0 bridgehead atoms. The topological polar surface area (TPSA) is 78.9 Å². The lowest BCUT2D eigenvalue weighted by Crippen LogP contribution is -2.36. The van der Waals surface area contributed by atoms with Gasteiger partial charge in [-0.15, -0.1) is 0 Å². The van der Waals surface area contributed by atoms with Crippen molar-refractivity contribution in [2.24, 2.45) is 5.92 Å². The van der Waals surface area contributed by atoms with Gasteiger partial charge in [0.15, 0.2) is 0 Å². The first-order chi connectivity index (χ1) is 19.3. The largest absolute Gasteiger partial charge is 0.460 e. The van der Waals surface area contributed by atoms with E-state index in [9.17, 15) is 14.4 Å². The van der Waals surface area contributed by atoms with Crippen LogP contribution >= 0.6 is 0 Å². The second-order valence-electron chi connectivity index (χ2n) is 9.77. The number of carbonyl (C=O) groups is 3. The van der Waals surface area contributed by atoms with Crippen LogP contribution in [0.4, 0.5) is 0 Å². The van der Waals surface area contributed by atoms with Crippen LogP contribution in [-0.4, -0.2) is 44.0 Å². The van der Waals surface area contributed by atoms with Crippen LogP contribution in [0.2, 0.25) is 0 Å². The molecule has 0 aliphatic carbocycles. The van der Waals surface area contributed by atoms with Gasteiger partial charge < -0.3 is 14.2 Å². The van der Waals surface area contributed by atoms with E-state index in [2.05, 4.69) is 12.1 Å². The minimum Gasteiger partial charge on any atom is -0.460 e. The summed E-state index contributed by atoms with van der Waals surface area (Å²) in [5, 5.41) is 0. The number of rotatable bonds is 15. The Morgan fingerprint density at radius 1 is 0.650 bits per heavy atom. The van der Waals surface area contributed by atoms with Crippen molar-refractivity contribution < 1.29 is 28.6 Å². The standard InChI is InChI=1S/C21H24O4.C13H18O2/c1-16(22)20(21(23)25-15-18-11-7-4-8-12-18)19(24-2)14-13-17-9-5-3-6-10-17;1-11(14)10-13(15-2)9-8-12-6-4-3-5-7-12/h3-12,19-20H,13-15H2,1-2H3;3-7,13H,8-10H2,1-2H3. The van der Waals surface area contributed by atoms with Crippen LogP contribution < -0.4 is 0 Å². The zero-order chi connectivity index (χ0) is 29.2. The highest BCUT2D eigenvalue weighted by Gasteiger charge is 2.33. The van der Waals surface area contributed by atoms with Gasteiger partial charge in [0.05, 0.1) is 12.2 Å². The summed E-state index contributed by atoms with van der Waals surface area (Å²) >= 11 is 0. The highest BCUT2D eigenvalue weighted by Crippen LogP contribution is 2.18. The summed E-state index contributed by atoms with van der Waals surface area (Å²) in [6.45, 7) is 3.16. The van der Waals surface area contributed by atoms with E-state index in [0.717, 1.165) is 30.4 Å².